The minimum absolute atomic E-state index is 0.141. The molecule has 26 heavy (non-hydrogen) atoms. The summed E-state index contributed by atoms with van der Waals surface area (Å²) < 4.78 is 0. The van der Waals surface area contributed by atoms with Gasteiger partial charge in [-0.2, -0.15) is 0 Å². The summed E-state index contributed by atoms with van der Waals surface area (Å²) in [5, 5.41) is 11.7. The Bertz CT molecular complexity index is 934. The van der Waals surface area contributed by atoms with Crippen molar-refractivity contribution in [1.29, 1.82) is 0 Å². The number of aryl methyl sites for hydroxylation is 1. The molecule has 0 saturated carbocycles. The van der Waals surface area contributed by atoms with Crippen LogP contribution in [-0.4, -0.2) is 45.1 Å². The first-order valence-corrected chi connectivity index (χ1v) is 8.91. The molecule has 4 rings (SSSR count). The Hall–Kier alpha value is -3.02. The summed E-state index contributed by atoms with van der Waals surface area (Å²) in [5.74, 6) is 0.0334. The van der Waals surface area contributed by atoms with Crippen LogP contribution in [-0.2, 0) is 0 Å². The Labute approximate surface area is 152 Å². The number of aromatic nitrogens is 3. The molecule has 6 heteroatoms. The standard InChI is InChI=1S/C20H21N5O/c1-14-5-4-6-16(13-14)21-15-9-11-25(12-10-15)20(26)19-22-17-7-2-3-8-18(17)23-24-19/h2-8,13,15,21H,9-12H2,1H3. The maximum atomic E-state index is 12.7. The Balaban J connectivity index is 1.39. The predicted molar refractivity (Wildman–Crippen MR) is 101 cm³/mol. The highest BCUT2D eigenvalue weighted by Gasteiger charge is 2.25. The van der Waals surface area contributed by atoms with Gasteiger partial charge in [0, 0.05) is 24.8 Å². The normalized spacial score (nSPS) is 15.2. The summed E-state index contributed by atoms with van der Waals surface area (Å²) >= 11 is 0. The Kier molecular flexibility index (Phi) is 4.48. The Morgan fingerprint density at radius 3 is 2.58 bits per heavy atom. The highest BCUT2D eigenvalue weighted by molar-refractivity contribution is 5.92. The topological polar surface area (TPSA) is 71.0 Å². The predicted octanol–water partition coefficient (Wildman–Crippen LogP) is 3.05. The van der Waals surface area contributed by atoms with Gasteiger partial charge in [0.25, 0.3) is 5.91 Å². The average molecular weight is 347 g/mol. The van der Waals surface area contributed by atoms with Crippen molar-refractivity contribution in [3.8, 4) is 0 Å². The molecule has 6 nitrogen and oxygen atoms in total. The molecule has 1 aliphatic heterocycles. The largest absolute Gasteiger partial charge is 0.382 e. The maximum absolute atomic E-state index is 12.7. The molecule has 1 saturated heterocycles. The van der Waals surface area contributed by atoms with E-state index in [1.54, 1.807) is 0 Å². The number of amides is 1. The van der Waals surface area contributed by atoms with Gasteiger partial charge >= 0.3 is 0 Å². The molecule has 2 heterocycles. The number of anilines is 1. The van der Waals surface area contributed by atoms with E-state index in [-0.39, 0.29) is 11.7 Å². The summed E-state index contributed by atoms with van der Waals surface area (Å²) in [6, 6.07) is 16.2. The summed E-state index contributed by atoms with van der Waals surface area (Å²) in [4.78, 5) is 18.9. The van der Waals surface area contributed by atoms with E-state index in [4.69, 9.17) is 0 Å². The van der Waals surface area contributed by atoms with Crippen LogP contribution >= 0.6 is 0 Å². The maximum Gasteiger partial charge on any atom is 0.293 e. The molecule has 132 valence electrons. The highest BCUT2D eigenvalue weighted by Crippen LogP contribution is 2.18. The van der Waals surface area contributed by atoms with Crippen molar-refractivity contribution in [1.82, 2.24) is 20.1 Å². The number of rotatable bonds is 3. The van der Waals surface area contributed by atoms with Crippen LogP contribution in [0, 0.1) is 6.92 Å². The van der Waals surface area contributed by atoms with Crippen LogP contribution in [0.3, 0.4) is 0 Å². The molecule has 1 amide bonds. The van der Waals surface area contributed by atoms with Gasteiger partial charge in [-0.05, 0) is 49.6 Å². The number of benzene rings is 2. The smallest absolute Gasteiger partial charge is 0.293 e. The number of para-hydroxylation sites is 1. The van der Waals surface area contributed by atoms with Crippen molar-refractivity contribution in [2.24, 2.45) is 0 Å². The number of nitrogens with zero attached hydrogens (tertiary/aromatic N) is 4. The zero-order valence-electron chi connectivity index (χ0n) is 14.7. The zero-order valence-corrected chi connectivity index (χ0v) is 14.7. The zero-order chi connectivity index (χ0) is 17.9. The Morgan fingerprint density at radius 2 is 1.81 bits per heavy atom. The fraction of sp³-hybridized carbons (Fsp3) is 0.300. The van der Waals surface area contributed by atoms with Crippen LogP contribution in [0.15, 0.2) is 48.5 Å². The molecule has 1 N–H and O–H groups in total. The molecular weight excluding hydrogens is 326 g/mol. The van der Waals surface area contributed by atoms with Gasteiger partial charge in [0.15, 0.2) is 0 Å². The van der Waals surface area contributed by atoms with Crippen LogP contribution in [0.2, 0.25) is 0 Å². The van der Waals surface area contributed by atoms with Gasteiger partial charge in [-0.1, -0.05) is 24.3 Å². The van der Waals surface area contributed by atoms with Gasteiger partial charge in [0.05, 0.1) is 5.52 Å². The number of fused-ring (bicyclic) bond motifs is 1. The summed E-state index contributed by atoms with van der Waals surface area (Å²) in [5.41, 5.74) is 3.77. The number of nitrogens with one attached hydrogen (secondary N) is 1. The second kappa shape index (κ2) is 7.07. The molecule has 1 aromatic heterocycles. The van der Waals surface area contributed by atoms with Crippen molar-refractivity contribution in [2.75, 3.05) is 18.4 Å². The van der Waals surface area contributed by atoms with Crippen molar-refractivity contribution in [3.05, 3.63) is 59.9 Å². The van der Waals surface area contributed by atoms with Gasteiger partial charge in [0.1, 0.15) is 5.52 Å². The van der Waals surface area contributed by atoms with E-state index in [9.17, 15) is 4.79 Å². The molecule has 0 spiro atoms. The number of carbonyl (C=O) groups is 1. The molecule has 1 aliphatic rings. The van der Waals surface area contributed by atoms with Crippen molar-refractivity contribution >= 4 is 22.6 Å². The second-order valence-electron chi connectivity index (χ2n) is 6.70. The van der Waals surface area contributed by atoms with Crippen LogP contribution in [0.5, 0.6) is 0 Å². The third-order valence-electron chi connectivity index (χ3n) is 4.72. The molecule has 2 aromatic carbocycles. The van der Waals surface area contributed by atoms with E-state index in [0.717, 1.165) is 18.5 Å². The van der Waals surface area contributed by atoms with E-state index in [0.29, 0.717) is 30.2 Å². The second-order valence-corrected chi connectivity index (χ2v) is 6.70. The lowest BCUT2D eigenvalue weighted by Crippen LogP contribution is -2.43. The third-order valence-corrected chi connectivity index (χ3v) is 4.72. The first-order chi connectivity index (χ1) is 12.7. The minimum atomic E-state index is -0.141. The molecule has 0 radical (unpaired) electrons. The molecule has 0 aliphatic carbocycles. The fourth-order valence-corrected chi connectivity index (χ4v) is 3.31. The first-order valence-electron chi connectivity index (χ1n) is 8.91. The summed E-state index contributed by atoms with van der Waals surface area (Å²) in [6.07, 6.45) is 1.81. The monoisotopic (exact) mass is 347 g/mol. The van der Waals surface area contributed by atoms with E-state index >= 15 is 0 Å². The van der Waals surface area contributed by atoms with Crippen molar-refractivity contribution in [3.63, 3.8) is 0 Å². The number of carbonyl (C=O) groups excluding carboxylic acids is 1. The molecular formula is C20H21N5O. The number of hydrogen-bond donors (Lipinski definition) is 1. The number of hydrogen-bond acceptors (Lipinski definition) is 5. The quantitative estimate of drug-likeness (QED) is 0.788. The van der Waals surface area contributed by atoms with Gasteiger partial charge in [-0.3, -0.25) is 4.79 Å². The lowest BCUT2D eigenvalue weighted by molar-refractivity contribution is 0.0705. The van der Waals surface area contributed by atoms with Gasteiger partial charge < -0.3 is 10.2 Å². The number of likely N-dealkylation sites (tertiary alicyclic amines) is 1. The van der Waals surface area contributed by atoms with E-state index in [1.807, 2.05) is 29.2 Å². The van der Waals surface area contributed by atoms with E-state index in [2.05, 4.69) is 51.7 Å². The fourth-order valence-electron chi connectivity index (χ4n) is 3.31. The van der Waals surface area contributed by atoms with Crippen LogP contribution in [0.1, 0.15) is 29.0 Å². The van der Waals surface area contributed by atoms with Crippen molar-refractivity contribution in [2.45, 2.75) is 25.8 Å². The summed E-state index contributed by atoms with van der Waals surface area (Å²) in [6.45, 7) is 3.47. The van der Waals surface area contributed by atoms with Crippen LogP contribution in [0.25, 0.3) is 11.0 Å². The summed E-state index contributed by atoms with van der Waals surface area (Å²) in [7, 11) is 0. The Morgan fingerprint density at radius 1 is 1.04 bits per heavy atom. The van der Waals surface area contributed by atoms with Crippen LogP contribution < -0.4 is 5.32 Å². The molecule has 0 unspecified atom stereocenters. The van der Waals surface area contributed by atoms with Gasteiger partial charge in [-0.15, -0.1) is 10.2 Å². The van der Waals surface area contributed by atoms with E-state index in [1.165, 1.54) is 5.56 Å². The molecule has 0 atom stereocenters. The lowest BCUT2D eigenvalue weighted by Gasteiger charge is -2.32. The molecule has 3 aromatic rings. The first kappa shape index (κ1) is 16.4. The van der Waals surface area contributed by atoms with Gasteiger partial charge in [-0.25, -0.2) is 4.98 Å². The van der Waals surface area contributed by atoms with Gasteiger partial charge in [0.2, 0.25) is 5.82 Å². The van der Waals surface area contributed by atoms with E-state index < -0.39 is 0 Å². The molecule has 0 bridgehead atoms. The van der Waals surface area contributed by atoms with Crippen LogP contribution in [0.4, 0.5) is 5.69 Å². The minimum Gasteiger partial charge on any atom is -0.382 e. The highest BCUT2D eigenvalue weighted by atomic mass is 16.2. The average Bonchev–Trinajstić information content (AvgIpc) is 2.68. The SMILES string of the molecule is Cc1cccc(NC2CCN(C(=O)c3nnc4ccccc4n3)CC2)c1. The number of piperidine rings is 1. The lowest BCUT2D eigenvalue weighted by atomic mass is 10.0. The molecule has 1 fully saturated rings. The third kappa shape index (κ3) is 3.49. The van der Waals surface area contributed by atoms with Crippen molar-refractivity contribution < 1.29 is 4.79 Å².